The van der Waals surface area contributed by atoms with Crippen LogP contribution in [0.1, 0.15) is 32.0 Å². The van der Waals surface area contributed by atoms with Gasteiger partial charge in [-0.3, -0.25) is 9.78 Å². The first-order chi connectivity index (χ1) is 9.91. The van der Waals surface area contributed by atoms with Gasteiger partial charge in [-0.25, -0.2) is 4.79 Å². The molecule has 108 valence electrons. The summed E-state index contributed by atoms with van der Waals surface area (Å²) in [4.78, 5) is 27.1. The van der Waals surface area contributed by atoms with Gasteiger partial charge in [-0.15, -0.1) is 0 Å². The van der Waals surface area contributed by atoms with Crippen molar-refractivity contribution >= 4 is 17.6 Å². The number of hydrogen-bond donors (Lipinski definition) is 3. The number of carboxylic acids is 1. The number of aryl methyl sites for hydroxylation is 1. The summed E-state index contributed by atoms with van der Waals surface area (Å²) < 4.78 is 0. The molecule has 0 atom stereocenters. The predicted octanol–water partition coefficient (Wildman–Crippen LogP) is 2.35. The summed E-state index contributed by atoms with van der Waals surface area (Å²) in [5.74, 6) is -1.77. The molecule has 0 fully saturated rings. The van der Waals surface area contributed by atoms with Gasteiger partial charge in [0.25, 0.3) is 5.91 Å². The van der Waals surface area contributed by atoms with E-state index < -0.39 is 11.9 Å². The average molecular weight is 286 g/mol. The summed E-state index contributed by atoms with van der Waals surface area (Å²) in [5.41, 5.74) is 1.25. The molecule has 6 nitrogen and oxygen atoms in total. The molecule has 0 aliphatic carbocycles. The number of phenols is 1. The number of aromatic carboxylic acids is 1. The van der Waals surface area contributed by atoms with E-state index in [0.29, 0.717) is 16.8 Å². The summed E-state index contributed by atoms with van der Waals surface area (Å²) in [6.07, 6.45) is 1.35. The standard InChI is InChI=1S/C15H14N2O4/c1-8-5-6-11(9(2)13(8)18)17-14(19)12-10(15(20)21)4-3-7-16-12/h3-7,18H,1-2H3,(H,17,19)(H,20,21). The fourth-order valence-corrected chi connectivity index (χ4v) is 1.91. The van der Waals surface area contributed by atoms with Gasteiger partial charge < -0.3 is 15.5 Å². The average Bonchev–Trinajstić information content (AvgIpc) is 2.47. The number of benzene rings is 1. The zero-order valence-electron chi connectivity index (χ0n) is 11.5. The third-order valence-electron chi connectivity index (χ3n) is 3.13. The number of carbonyl (C=O) groups is 2. The van der Waals surface area contributed by atoms with E-state index in [1.165, 1.54) is 18.3 Å². The van der Waals surface area contributed by atoms with Gasteiger partial charge in [-0.1, -0.05) is 6.07 Å². The molecule has 1 heterocycles. The molecule has 0 saturated heterocycles. The Kier molecular flexibility index (Phi) is 3.89. The summed E-state index contributed by atoms with van der Waals surface area (Å²) in [6, 6.07) is 6.06. The first kappa shape index (κ1) is 14.5. The molecule has 0 bridgehead atoms. The summed E-state index contributed by atoms with van der Waals surface area (Å²) in [5, 5.41) is 21.5. The Morgan fingerprint density at radius 3 is 2.57 bits per heavy atom. The van der Waals surface area contributed by atoms with Crippen LogP contribution in [0.5, 0.6) is 5.75 Å². The van der Waals surface area contributed by atoms with E-state index >= 15 is 0 Å². The maximum atomic E-state index is 12.2. The van der Waals surface area contributed by atoms with Crippen LogP contribution in [0.4, 0.5) is 5.69 Å². The Morgan fingerprint density at radius 2 is 1.90 bits per heavy atom. The Hall–Kier alpha value is -2.89. The summed E-state index contributed by atoms with van der Waals surface area (Å²) >= 11 is 0. The lowest BCUT2D eigenvalue weighted by Crippen LogP contribution is -2.18. The minimum Gasteiger partial charge on any atom is -0.507 e. The molecule has 2 rings (SSSR count). The van der Waals surface area contributed by atoms with Gasteiger partial charge in [0.1, 0.15) is 11.4 Å². The van der Waals surface area contributed by atoms with Crippen molar-refractivity contribution in [2.75, 3.05) is 5.32 Å². The van der Waals surface area contributed by atoms with Crippen LogP contribution in [-0.4, -0.2) is 27.1 Å². The van der Waals surface area contributed by atoms with Crippen LogP contribution in [0.2, 0.25) is 0 Å². The summed E-state index contributed by atoms with van der Waals surface area (Å²) in [7, 11) is 0. The largest absolute Gasteiger partial charge is 0.507 e. The van der Waals surface area contributed by atoms with Gasteiger partial charge in [0, 0.05) is 17.4 Å². The second kappa shape index (κ2) is 5.62. The Morgan fingerprint density at radius 1 is 1.19 bits per heavy atom. The van der Waals surface area contributed by atoms with Gasteiger partial charge in [-0.05, 0) is 37.6 Å². The molecule has 3 N–H and O–H groups in total. The second-order valence-electron chi connectivity index (χ2n) is 4.56. The highest BCUT2D eigenvalue weighted by atomic mass is 16.4. The van der Waals surface area contributed by atoms with Gasteiger partial charge in [-0.2, -0.15) is 0 Å². The number of aromatic hydroxyl groups is 1. The van der Waals surface area contributed by atoms with Gasteiger partial charge >= 0.3 is 5.97 Å². The van der Waals surface area contributed by atoms with Crippen molar-refractivity contribution in [2.24, 2.45) is 0 Å². The van der Waals surface area contributed by atoms with Crippen molar-refractivity contribution in [3.63, 3.8) is 0 Å². The quantitative estimate of drug-likeness (QED) is 0.804. The number of amides is 1. The van der Waals surface area contributed by atoms with Gasteiger partial charge in [0.2, 0.25) is 0 Å². The number of aromatic nitrogens is 1. The van der Waals surface area contributed by atoms with E-state index in [0.717, 1.165) is 0 Å². The topological polar surface area (TPSA) is 99.5 Å². The van der Waals surface area contributed by atoms with Crippen molar-refractivity contribution in [3.8, 4) is 5.75 Å². The highest BCUT2D eigenvalue weighted by molar-refractivity contribution is 6.09. The van der Waals surface area contributed by atoms with Crippen LogP contribution >= 0.6 is 0 Å². The van der Waals surface area contributed by atoms with Crippen LogP contribution in [-0.2, 0) is 0 Å². The smallest absolute Gasteiger partial charge is 0.338 e. The number of phenolic OH excluding ortho intramolecular Hbond substituents is 1. The Balaban J connectivity index is 2.35. The molecule has 0 unspecified atom stereocenters. The van der Waals surface area contributed by atoms with E-state index in [1.54, 1.807) is 26.0 Å². The number of pyridine rings is 1. The monoisotopic (exact) mass is 286 g/mol. The first-order valence-electron chi connectivity index (χ1n) is 6.20. The number of nitrogens with one attached hydrogen (secondary N) is 1. The van der Waals surface area contributed by atoms with Crippen molar-refractivity contribution in [3.05, 3.63) is 52.8 Å². The third kappa shape index (κ3) is 2.84. The van der Waals surface area contributed by atoms with Crippen molar-refractivity contribution in [1.29, 1.82) is 0 Å². The third-order valence-corrected chi connectivity index (χ3v) is 3.13. The lowest BCUT2D eigenvalue weighted by molar-refractivity contribution is 0.0691. The lowest BCUT2D eigenvalue weighted by atomic mass is 10.1. The number of carbonyl (C=O) groups excluding carboxylic acids is 1. The molecule has 21 heavy (non-hydrogen) atoms. The minimum absolute atomic E-state index is 0.0901. The maximum absolute atomic E-state index is 12.2. The predicted molar refractivity (Wildman–Crippen MR) is 76.7 cm³/mol. The molecule has 2 aromatic rings. The van der Waals surface area contributed by atoms with Crippen LogP contribution in [0, 0.1) is 13.8 Å². The Bertz CT molecular complexity index is 726. The fourth-order valence-electron chi connectivity index (χ4n) is 1.91. The van der Waals surface area contributed by atoms with E-state index in [-0.39, 0.29) is 17.0 Å². The molecule has 0 spiro atoms. The van der Waals surface area contributed by atoms with E-state index in [2.05, 4.69) is 10.3 Å². The van der Waals surface area contributed by atoms with Gasteiger partial charge in [0.05, 0.1) is 5.56 Å². The molecule has 0 radical (unpaired) electrons. The summed E-state index contributed by atoms with van der Waals surface area (Å²) in [6.45, 7) is 3.41. The zero-order chi connectivity index (χ0) is 15.6. The van der Waals surface area contributed by atoms with Crippen molar-refractivity contribution in [1.82, 2.24) is 4.98 Å². The number of anilines is 1. The van der Waals surface area contributed by atoms with E-state index in [1.807, 2.05) is 0 Å². The first-order valence-corrected chi connectivity index (χ1v) is 6.20. The van der Waals surface area contributed by atoms with E-state index in [4.69, 9.17) is 5.11 Å². The van der Waals surface area contributed by atoms with Crippen LogP contribution in [0.15, 0.2) is 30.5 Å². The van der Waals surface area contributed by atoms with Crippen molar-refractivity contribution in [2.45, 2.75) is 13.8 Å². The highest BCUT2D eigenvalue weighted by Gasteiger charge is 2.18. The van der Waals surface area contributed by atoms with Gasteiger partial charge in [0.15, 0.2) is 0 Å². The molecular weight excluding hydrogens is 272 g/mol. The maximum Gasteiger partial charge on any atom is 0.338 e. The molecule has 1 aromatic heterocycles. The van der Waals surface area contributed by atoms with Crippen molar-refractivity contribution < 1.29 is 19.8 Å². The lowest BCUT2D eigenvalue weighted by Gasteiger charge is -2.11. The normalized spacial score (nSPS) is 10.2. The number of carboxylic acid groups (broad SMARTS) is 1. The SMILES string of the molecule is Cc1ccc(NC(=O)c2ncccc2C(=O)O)c(C)c1O. The molecule has 0 aliphatic heterocycles. The molecule has 0 saturated carbocycles. The number of nitrogens with zero attached hydrogens (tertiary/aromatic N) is 1. The number of rotatable bonds is 3. The highest BCUT2D eigenvalue weighted by Crippen LogP contribution is 2.28. The Labute approximate surface area is 121 Å². The van der Waals surface area contributed by atoms with Crippen LogP contribution in [0.3, 0.4) is 0 Å². The van der Waals surface area contributed by atoms with Crippen LogP contribution < -0.4 is 5.32 Å². The molecule has 6 heteroatoms. The molecular formula is C15H14N2O4. The molecule has 0 aliphatic rings. The second-order valence-corrected chi connectivity index (χ2v) is 4.56. The molecule has 1 aromatic carbocycles. The zero-order valence-corrected chi connectivity index (χ0v) is 11.5. The molecule has 1 amide bonds. The van der Waals surface area contributed by atoms with Crippen LogP contribution in [0.25, 0.3) is 0 Å². The number of hydrogen-bond acceptors (Lipinski definition) is 4. The van der Waals surface area contributed by atoms with E-state index in [9.17, 15) is 14.7 Å². The fraction of sp³-hybridized carbons (Fsp3) is 0.133. The minimum atomic E-state index is -1.23.